The van der Waals surface area contributed by atoms with E-state index >= 15 is 0 Å². The molecule has 0 spiro atoms. The molecule has 1 aliphatic heterocycles. The van der Waals surface area contributed by atoms with Gasteiger partial charge in [0.25, 0.3) is 10.0 Å². The van der Waals surface area contributed by atoms with Crippen LogP contribution in [0.2, 0.25) is 4.34 Å². The van der Waals surface area contributed by atoms with Crippen LogP contribution in [0.3, 0.4) is 0 Å². The highest BCUT2D eigenvalue weighted by Gasteiger charge is 2.38. The Bertz CT molecular complexity index is 1080. The molecule has 3 aromatic heterocycles. The van der Waals surface area contributed by atoms with Gasteiger partial charge >= 0.3 is 0 Å². The van der Waals surface area contributed by atoms with Crippen LogP contribution in [0, 0.1) is 0 Å². The number of carbonyl (C=O) groups is 1. The predicted octanol–water partition coefficient (Wildman–Crippen LogP) is 4.77. The first-order chi connectivity index (χ1) is 13.4. The molecule has 1 amide bonds. The van der Waals surface area contributed by atoms with E-state index < -0.39 is 16.1 Å². The smallest absolute Gasteiger partial charge is 0.253 e. The van der Waals surface area contributed by atoms with E-state index in [0.717, 1.165) is 34.7 Å². The van der Waals surface area contributed by atoms with Crippen molar-refractivity contribution in [2.45, 2.75) is 29.5 Å². The minimum absolute atomic E-state index is 0.262. The van der Waals surface area contributed by atoms with Crippen LogP contribution in [-0.4, -0.2) is 36.2 Å². The topological polar surface area (TPSA) is 79.4 Å². The molecule has 1 fully saturated rings. The molecule has 6 nitrogen and oxygen atoms in total. The lowest BCUT2D eigenvalue weighted by Gasteiger charge is -2.32. The van der Waals surface area contributed by atoms with E-state index in [1.807, 2.05) is 11.4 Å². The van der Waals surface area contributed by atoms with Crippen molar-refractivity contribution in [1.82, 2.24) is 9.29 Å². The highest BCUT2D eigenvalue weighted by molar-refractivity contribution is 7.91. The number of hydrogen-bond acceptors (Lipinski definition) is 7. The van der Waals surface area contributed by atoms with Gasteiger partial charge in [0.1, 0.15) is 10.3 Å². The lowest BCUT2D eigenvalue weighted by Crippen LogP contribution is -2.49. The molecule has 0 aromatic carbocycles. The van der Waals surface area contributed by atoms with Crippen LogP contribution in [0.4, 0.5) is 5.13 Å². The zero-order chi connectivity index (χ0) is 19.7. The molecule has 1 aliphatic rings. The number of thiophene rings is 2. The Kier molecular flexibility index (Phi) is 5.86. The fraction of sp³-hybridized carbons (Fsp3) is 0.294. The van der Waals surface area contributed by atoms with E-state index in [-0.39, 0.29) is 10.1 Å². The van der Waals surface area contributed by atoms with Crippen molar-refractivity contribution >= 4 is 66.7 Å². The van der Waals surface area contributed by atoms with Crippen molar-refractivity contribution in [3.8, 4) is 10.6 Å². The lowest BCUT2D eigenvalue weighted by atomic mass is 10.0. The normalized spacial score (nSPS) is 18.2. The number of carbonyl (C=O) groups excluding carboxylic acids is 1. The van der Waals surface area contributed by atoms with Gasteiger partial charge in [-0.05, 0) is 36.4 Å². The van der Waals surface area contributed by atoms with Gasteiger partial charge in [0.2, 0.25) is 5.91 Å². The molecule has 11 heteroatoms. The highest BCUT2D eigenvalue weighted by atomic mass is 35.5. The zero-order valence-corrected chi connectivity index (χ0v) is 18.5. The molecule has 1 saturated heterocycles. The number of amides is 1. The summed E-state index contributed by atoms with van der Waals surface area (Å²) in [4.78, 5) is 18.2. The minimum atomic E-state index is -3.68. The molecule has 1 N–H and O–H groups in total. The summed E-state index contributed by atoms with van der Waals surface area (Å²) in [5, 5.41) is 6.81. The van der Waals surface area contributed by atoms with Gasteiger partial charge in [-0.3, -0.25) is 4.79 Å². The molecule has 1 atom stereocenters. The van der Waals surface area contributed by atoms with Gasteiger partial charge < -0.3 is 5.32 Å². The second-order valence-electron chi connectivity index (χ2n) is 6.19. The van der Waals surface area contributed by atoms with E-state index in [2.05, 4.69) is 10.3 Å². The van der Waals surface area contributed by atoms with Gasteiger partial charge in [0.05, 0.1) is 14.9 Å². The molecule has 4 rings (SSSR count). The van der Waals surface area contributed by atoms with Crippen molar-refractivity contribution < 1.29 is 13.2 Å². The van der Waals surface area contributed by atoms with E-state index in [1.165, 1.54) is 27.0 Å². The van der Waals surface area contributed by atoms with Crippen LogP contribution < -0.4 is 5.32 Å². The summed E-state index contributed by atoms with van der Waals surface area (Å²) in [5.41, 5.74) is 0.740. The van der Waals surface area contributed by atoms with E-state index in [0.29, 0.717) is 22.4 Å². The van der Waals surface area contributed by atoms with Gasteiger partial charge in [0, 0.05) is 11.9 Å². The second kappa shape index (κ2) is 8.21. The van der Waals surface area contributed by atoms with Crippen molar-refractivity contribution in [2.75, 3.05) is 11.9 Å². The lowest BCUT2D eigenvalue weighted by molar-refractivity contribution is -0.120. The van der Waals surface area contributed by atoms with E-state index in [1.54, 1.807) is 23.6 Å². The number of rotatable bonds is 5. The molecule has 1 unspecified atom stereocenters. The van der Waals surface area contributed by atoms with Crippen LogP contribution in [0.15, 0.2) is 39.2 Å². The molecule has 0 saturated carbocycles. The second-order valence-corrected chi connectivity index (χ2v) is 11.8. The predicted molar refractivity (Wildman–Crippen MR) is 115 cm³/mol. The van der Waals surface area contributed by atoms with Crippen molar-refractivity contribution in [2.24, 2.45) is 0 Å². The van der Waals surface area contributed by atoms with Crippen LogP contribution in [-0.2, 0) is 14.8 Å². The first-order valence-corrected chi connectivity index (χ1v) is 12.9. The molecule has 0 bridgehead atoms. The quantitative estimate of drug-likeness (QED) is 0.578. The van der Waals surface area contributed by atoms with Crippen molar-refractivity contribution in [3.63, 3.8) is 0 Å². The summed E-state index contributed by atoms with van der Waals surface area (Å²) in [6.07, 6.45) is 2.05. The summed E-state index contributed by atoms with van der Waals surface area (Å²) >= 11 is 9.85. The average molecular weight is 474 g/mol. The van der Waals surface area contributed by atoms with E-state index in [9.17, 15) is 13.2 Å². The van der Waals surface area contributed by atoms with Crippen molar-refractivity contribution in [3.05, 3.63) is 39.4 Å². The van der Waals surface area contributed by atoms with Crippen LogP contribution in [0.5, 0.6) is 0 Å². The Hall–Kier alpha value is -1.30. The van der Waals surface area contributed by atoms with Crippen molar-refractivity contribution in [1.29, 1.82) is 0 Å². The molecule has 148 valence electrons. The third kappa shape index (κ3) is 4.03. The maximum absolute atomic E-state index is 12.9. The molecule has 0 radical (unpaired) electrons. The number of aromatic nitrogens is 1. The maximum atomic E-state index is 12.9. The summed E-state index contributed by atoms with van der Waals surface area (Å²) in [7, 11) is -3.68. The summed E-state index contributed by atoms with van der Waals surface area (Å²) in [6.45, 7) is 0.342. The number of anilines is 1. The molecule has 0 aliphatic carbocycles. The number of sulfonamides is 1. The number of nitrogens with zero attached hydrogens (tertiary/aromatic N) is 2. The molecule has 28 heavy (non-hydrogen) atoms. The Morgan fingerprint density at radius 2 is 2.11 bits per heavy atom. The number of thiazole rings is 1. The third-order valence-electron chi connectivity index (χ3n) is 4.37. The minimum Gasteiger partial charge on any atom is -0.301 e. The number of nitrogens with one attached hydrogen (secondary N) is 1. The summed E-state index contributed by atoms with van der Waals surface area (Å²) in [5.74, 6) is -0.343. The Labute approximate surface area is 179 Å². The third-order valence-corrected chi connectivity index (χ3v) is 9.67. The van der Waals surface area contributed by atoms with Gasteiger partial charge in [-0.15, -0.1) is 34.0 Å². The van der Waals surface area contributed by atoms with Crippen LogP contribution in [0.1, 0.15) is 19.3 Å². The Morgan fingerprint density at radius 3 is 2.82 bits per heavy atom. The Balaban J connectivity index is 1.52. The van der Waals surface area contributed by atoms with Gasteiger partial charge in [-0.2, -0.15) is 4.31 Å². The zero-order valence-electron chi connectivity index (χ0n) is 14.5. The molecular formula is C17H16ClN3O3S4. The van der Waals surface area contributed by atoms with E-state index in [4.69, 9.17) is 11.6 Å². The first kappa shape index (κ1) is 20.0. The fourth-order valence-corrected chi connectivity index (χ4v) is 7.63. The van der Waals surface area contributed by atoms with Crippen LogP contribution >= 0.6 is 45.6 Å². The number of hydrogen-bond donors (Lipinski definition) is 1. The van der Waals surface area contributed by atoms with Crippen LogP contribution in [0.25, 0.3) is 10.6 Å². The highest BCUT2D eigenvalue weighted by Crippen LogP contribution is 2.33. The summed E-state index contributed by atoms with van der Waals surface area (Å²) in [6, 6.07) is 6.22. The molecule has 4 heterocycles. The number of halogens is 1. The monoisotopic (exact) mass is 473 g/mol. The maximum Gasteiger partial charge on any atom is 0.253 e. The Morgan fingerprint density at radius 1 is 1.25 bits per heavy atom. The first-order valence-electron chi connectivity index (χ1n) is 8.52. The van der Waals surface area contributed by atoms with Gasteiger partial charge in [-0.25, -0.2) is 13.4 Å². The SMILES string of the molecule is O=C(Nc1nc(-c2ccc(Cl)s2)cs1)C1CCCCN1S(=O)(=O)c1cccs1. The fourth-order valence-electron chi connectivity index (χ4n) is 3.07. The van der Waals surface area contributed by atoms with Gasteiger partial charge in [-0.1, -0.05) is 24.1 Å². The largest absolute Gasteiger partial charge is 0.301 e. The summed E-state index contributed by atoms with van der Waals surface area (Å²) < 4.78 is 28.1. The average Bonchev–Trinajstić information content (AvgIpc) is 3.43. The molecule has 3 aromatic rings. The van der Waals surface area contributed by atoms with Gasteiger partial charge in [0.15, 0.2) is 5.13 Å². The standard InChI is InChI=1S/C17H16ClN3O3S4/c18-14-7-6-13(27-14)11-10-26-17(19-11)20-16(22)12-4-1-2-8-21(12)28(23,24)15-5-3-9-25-15/h3,5-7,9-10,12H,1-2,4,8H2,(H,19,20,22). The molecular weight excluding hydrogens is 458 g/mol. The number of piperidine rings is 1.